The highest BCUT2D eigenvalue weighted by Gasteiger charge is 2.04. The van der Waals surface area contributed by atoms with E-state index in [1.165, 1.54) is 0 Å². The summed E-state index contributed by atoms with van der Waals surface area (Å²) < 4.78 is 5.47. The number of nitrogens with one attached hydrogen (secondary N) is 2. The number of rotatable bonds is 7. The second-order valence-corrected chi connectivity index (χ2v) is 3.40. The first-order valence-corrected chi connectivity index (χ1v) is 5.61. The van der Waals surface area contributed by atoms with Gasteiger partial charge in [0.15, 0.2) is 0 Å². The molecule has 4 nitrogen and oxygen atoms in total. The molecule has 0 fully saturated rings. The average Bonchev–Trinajstić information content (AvgIpc) is 2.35. The molecule has 0 aliphatic rings. The predicted octanol–water partition coefficient (Wildman–Crippen LogP) is 1.80. The molecule has 0 aliphatic heterocycles. The maximum absolute atomic E-state index is 11.3. The van der Waals surface area contributed by atoms with Gasteiger partial charge in [-0.05, 0) is 19.1 Å². The summed E-state index contributed by atoms with van der Waals surface area (Å²) in [6.07, 6.45) is 1.68. The van der Waals surface area contributed by atoms with Gasteiger partial charge in [0.1, 0.15) is 12.4 Å². The minimum Gasteiger partial charge on any atom is -0.487 e. The fraction of sp³-hybridized carbons (Fsp3) is 0.308. The van der Waals surface area contributed by atoms with Crippen LogP contribution in [0.25, 0.3) is 0 Å². The number of likely N-dealkylation sites (N-methyl/N-ethyl adjacent to an activating group) is 1. The van der Waals surface area contributed by atoms with Gasteiger partial charge in [-0.3, -0.25) is 4.79 Å². The molecule has 0 unspecified atom stereocenters. The first kappa shape index (κ1) is 13.1. The zero-order valence-electron chi connectivity index (χ0n) is 10.0. The molecule has 2 N–H and O–H groups in total. The van der Waals surface area contributed by atoms with Crippen LogP contribution in [0.3, 0.4) is 0 Å². The van der Waals surface area contributed by atoms with Crippen LogP contribution in [0, 0.1) is 0 Å². The van der Waals surface area contributed by atoms with Crippen LogP contribution in [0.1, 0.15) is 6.92 Å². The number of ether oxygens (including phenoxy) is 1. The minimum atomic E-state index is -0.0361. The second kappa shape index (κ2) is 7.33. The van der Waals surface area contributed by atoms with E-state index in [1.807, 2.05) is 31.2 Å². The van der Waals surface area contributed by atoms with E-state index in [2.05, 4.69) is 17.2 Å². The normalized spacial score (nSPS) is 9.47. The quantitative estimate of drug-likeness (QED) is 0.707. The first-order valence-electron chi connectivity index (χ1n) is 5.61. The summed E-state index contributed by atoms with van der Waals surface area (Å²) in [5.74, 6) is 0.683. The number of para-hydroxylation sites is 2. The van der Waals surface area contributed by atoms with Gasteiger partial charge >= 0.3 is 0 Å². The first-order chi connectivity index (χ1) is 8.27. The average molecular weight is 234 g/mol. The summed E-state index contributed by atoms with van der Waals surface area (Å²) in [5.41, 5.74) is 0.806. The topological polar surface area (TPSA) is 50.4 Å². The van der Waals surface area contributed by atoms with Crippen molar-refractivity contribution in [1.82, 2.24) is 5.32 Å². The van der Waals surface area contributed by atoms with E-state index in [4.69, 9.17) is 4.74 Å². The highest BCUT2D eigenvalue weighted by atomic mass is 16.5. The number of hydrogen-bond donors (Lipinski definition) is 2. The smallest absolute Gasteiger partial charge is 0.239 e. The van der Waals surface area contributed by atoms with Crippen LogP contribution in [0.4, 0.5) is 5.69 Å². The van der Waals surface area contributed by atoms with Crippen molar-refractivity contribution < 1.29 is 9.53 Å². The molecule has 1 aromatic carbocycles. The fourth-order valence-corrected chi connectivity index (χ4v) is 1.32. The van der Waals surface area contributed by atoms with Gasteiger partial charge in [-0.15, -0.1) is 0 Å². The molecule has 1 rings (SSSR count). The highest BCUT2D eigenvalue weighted by Crippen LogP contribution is 2.23. The van der Waals surface area contributed by atoms with E-state index in [1.54, 1.807) is 6.08 Å². The van der Waals surface area contributed by atoms with Crippen molar-refractivity contribution in [2.45, 2.75) is 6.92 Å². The molecular weight excluding hydrogens is 216 g/mol. The monoisotopic (exact) mass is 234 g/mol. The largest absolute Gasteiger partial charge is 0.487 e. The van der Waals surface area contributed by atoms with Crippen LogP contribution < -0.4 is 15.4 Å². The molecule has 4 heteroatoms. The summed E-state index contributed by atoms with van der Waals surface area (Å²) >= 11 is 0. The Morgan fingerprint density at radius 1 is 1.47 bits per heavy atom. The summed E-state index contributed by atoms with van der Waals surface area (Å²) in [7, 11) is 0. The summed E-state index contributed by atoms with van der Waals surface area (Å²) in [4.78, 5) is 11.3. The van der Waals surface area contributed by atoms with Gasteiger partial charge in [0, 0.05) is 6.54 Å². The van der Waals surface area contributed by atoms with Gasteiger partial charge in [-0.2, -0.15) is 0 Å². The van der Waals surface area contributed by atoms with Gasteiger partial charge in [0.05, 0.1) is 12.2 Å². The van der Waals surface area contributed by atoms with E-state index in [0.717, 1.165) is 11.4 Å². The van der Waals surface area contributed by atoms with Crippen molar-refractivity contribution in [3.63, 3.8) is 0 Å². The minimum absolute atomic E-state index is 0.0361. The highest BCUT2D eigenvalue weighted by molar-refractivity contribution is 5.81. The number of carbonyl (C=O) groups is 1. The zero-order valence-corrected chi connectivity index (χ0v) is 10.0. The number of anilines is 1. The Morgan fingerprint density at radius 3 is 2.94 bits per heavy atom. The summed E-state index contributed by atoms with van der Waals surface area (Å²) in [6, 6.07) is 7.50. The van der Waals surface area contributed by atoms with E-state index < -0.39 is 0 Å². The lowest BCUT2D eigenvalue weighted by molar-refractivity contribution is -0.119. The van der Waals surface area contributed by atoms with Crippen molar-refractivity contribution >= 4 is 11.6 Å². The van der Waals surface area contributed by atoms with Crippen LogP contribution in [0.2, 0.25) is 0 Å². The molecule has 1 aromatic rings. The molecule has 0 aliphatic carbocycles. The molecule has 1 amide bonds. The molecule has 0 radical (unpaired) electrons. The van der Waals surface area contributed by atoms with Gasteiger partial charge in [0.2, 0.25) is 5.91 Å². The Labute approximate surface area is 102 Å². The number of amides is 1. The molecule has 0 saturated carbocycles. The van der Waals surface area contributed by atoms with E-state index in [-0.39, 0.29) is 12.5 Å². The van der Waals surface area contributed by atoms with Crippen molar-refractivity contribution in [3.05, 3.63) is 36.9 Å². The Kier molecular flexibility index (Phi) is 5.64. The Bertz CT molecular complexity index is 377. The molecule has 0 bridgehead atoms. The lowest BCUT2D eigenvalue weighted by atomic mass is 10.3. The Hall–Kier alpha value is -1.97. The van der Waals surface area contributed by atoms with Crippen LogP contribution >= 0.6 is 0 Å². The van der Waals surface area contributed by atoms with Gasteiger partial charge in [-0.25, -0.2) is 0 Å². The zero-order chi connectivity index (χ0) is 12.5. The number of hydrogen-bond acceptors (Lipinski definition) is 3. The second-order valence-electron chi connectivity index (χ2n) is 3.40. The van der Waals surface area contributed by atoms with Crippen molar-refractivity contribution in [2.24, 2.45) is 0 Å². The predicted molar refractivity (Wildman–Crippen MR) is 69.3 cm³/mol. The maximum Gasteiger partial charge on any atom is 0.239 e. The van der Waals surface area contributed by atoms with Crippen LogP contribution in [-0.4, -0.2) is 25.6 Å². The van der Waals surface area contributed by atoms with Crippen LogP contribution in [0.15, 0.2) is 36.9 Å². The van der Waals surface area contributed by atoms with E-state index in [0.29, 0.717) is 13.2 Å². The van der Waals surface area contributed by atoms with Crippen molar-refractivity contribution in [3.8, 4) is 5.75 Å². The number of benzene rings is 1. The molecule has 0 saturated heterocycles. The van der Waals surface area contributed by atoms with Crippen LogP contribution in [-0.2, 0) is 4.79 Å². The Balaban J connectivity index is 2.56. The molecule has 0 atom stereocenters. The third-order valence-corrected chi connectivity index (χ3v) is 2.06. The van der Waals surface area contributed by atoms with Gasteiger partial charge in [-0.1, -0.05) is 24.8 Å². The fourth-order valence-electron chi connectivity index (χ4n) is 1.32. The molecule has 17 heavy (non-hydrogen) atoms. The molecule has 0 aromatic heterocycles. The molecule has 0 heterocycles. The SMILES string of the molecule is C=CCOc1ccccc1NCC(=O)NCC. The van der Waals surface area contributed by atoms with Crippen molar-refractivity contribution in [2.75, 3.05) is 25.0 Å². The Morgan fingerprint density at radius 2 is 2.24 bits per heavy atom. The molecule has 0 spiro atoms. The van der Waals surface area contributed by atoms with E-state index in [9.17, 15) is 4.79 Å². The maximum atomic E-state index is 11.3. The van der Waals surface area contributed by atoms with Crippen molar-refractivity contribution in [1.29, 1.82) is 0 Å². The third-order valence-electron chi connectivity index (χ3n) is 2.06. The van der Waals surface area contributed by atoms with Gasteiger partial charge < -0.3 is 15.4 Å². The molecule has 92 valence electrons. The standard InChI is InChI=1S/C13H18N2O2/c1-3-9-17-12-8-6-5-7-11(12)15-10-13(16)14-4-2/h3,5-8,15H,1,4,9-10H2,2H3,(H,14,16). The lowest BCUT2D eigenvalue weighted by Gasteiger charge is -2.11. The van der Waals surface area contributed by atoms with E-state index >= 15 is 0 Å². The van der Waals surface area contributed by atoms with Gasteiger partial charge in [0.25, 0.3) is 0 Å². The summed E-state index contributed by atoms with van der Waals surface area (Å²) in [5, 5.41) is 5.76. The molecular formula is C13H18N2O2. The third kappa shape index (κ3) is 4.59. The van der Waals surface area contributed by atoms with Crippen LogP contribution in [0.5, 0.6) is 5.75 Å². The summed E-state index contributed by atoms with van der Waals surface area (Å²) in [6.45, 7) is 6.80. The number of carbonyl (C=O) groups excluding carboxylic acids is 1. The lowest BCUT2D eigenvalue weighted by Crippen LogP contribution is -2.29.